The van der Waals surface area contributed by atoms with E-state index in [1.165, 1.54) is 5.56 Å². The number of halogens is 1. The Bertz CT molecular complexity index is 1240. The zero-order valence-electron chi connectivity index (χ0n) is 17.4. The van der Waals surface area contributed by atoms with Gasteiger partial charge >= 0.3 is 6.03 Å². The summed E-state index contributed by atoms with van der Waals surface area (Å²) in [7, 11) is 0. The molecule has 1 aliphatic rings. The molecule has 1 saturated heterocycles. The molecule has 0 radical (unpaired) electrons. The van der Waals surface area contributed by atoms with E-state index < -0.39 is 0 Å². The van der Waals surface area contributed by atoms with Crippen molar-refractivity contribution in [2.45, 2.75) is 13.5 Å². The van der Waals surface area contributed by atoms with Gasteiger partial charge in [0.1, 0.15) is 0 Å². The van der Waals surface area contributed by atoms with Gasteiger partial charge in [0.2, 0.25) is 0 Å². The lowest BCUT2D eigenvalue weighted by Gasteiger charge is -2.35. The number of rotatable bonds is 3. The van der Waals surface area contributed by atoms with E-state index in [-0.39, 0.29) is 6.03 Å². The van der Waals surface area contributed by atoms with Gasteiger partial charge in [-0.1, -0.05) is 45.8 Å². The Morgan fingerprint density at radius 2 is 1.81 bits per heavy atom. The number of piperazine rings is 1. The highest BCUT2D eigenvalue weighted by Crippen LogP contribution is 2.27. The molecule has 0 unspecified atom stereocenters. The lowest BCUT2D eigenvalue weighted by Crippen LogP contribution is -2.52. The van der Waals surface area contributed by atoms with Crippen LogP contribution in [0.25, 0.3) is 16.6 Å². The first-order valence-corrected chi connectivity index (χ1v) is 11.3. The molecule has 3 heterocycles. The van der Waals surface area contributed by atoms with E-state index in [1.807, 2.05) is 17.0 Å². The average molecular weight is 478 g/mol. The molecule has 1 N–H and O–H groups in total. The third-order valence-electron chi connectivity index (χ3n) is 5.83. The number of anilines is 1. The van der Waals surface area contributed by atoms with E-state index in [1.54, 1.807) is 0 Å². The van der Waals surface area contributed by atoms with Crippen molar-refractivity contribution in [1.29, 1.82) is 0 Å². The van der Waals surface area contributed by atoms with Gasteiger partial charge < -0.3 is 19.5 Å². The second-order valence-electron chi connectivity index (χ2n) is 7.95. The summed E-state index contributed by atoms with van der Waals surface area (Å²) in [5, 5.41) is 3.04. The first-order valence-electron chi connectivity index (χ1n) is 10.5. The summed E-state index contributed by atoms with van der Waals surface area (Å²) < 4.78 is 3.20. The van der Waals surface area contributed by atoms with E-state index in [9.17, 15) is 4.79 Å². The summed E-state index contributed by atoms with van der Waals surface area (Å²) in [6.07, 6.45) is 2.07. The quantitative estimate of drug-likeness (QED) is 0.469. The van der Waals surface area contributed by atoms with Crippen LogP contribution in [0.1, 0.15) is 11.1 Å². The number of amides is 2. The standard InChI is InChI=1S/C24H24BrN5O/c1-17-4-6-18(7-5-17)16-26-24(31)29-13-11-28(12-14-29)23-22-3-2-10-30(22)21-9-8-19(25)15-20(21)27-23/h2-10,15H,11-14,16H2,1H3,(H,26,31). The van der Waals surface area contributed by atoms with Gasteiger partial charge in [0.25, 0.3) is 0 Å². The topological polar surface area (TPSA) is 52.9 Å². The van der Waals surface area contributed by atoms with Crippen LogP contribution in [0.4, 0.5) is 10.6 Å². The molecule has 1 aliphatic heterocycles. The molecule has 2 amide bonds. The largest absolute Gasteiger partial charge is 0.351 e. The Kier molecular flexibility index (Phi) is 5.28. The third-order valence-corrected chi connectivity index (χ3v) is 6.33. The van der Waals surface area contributed by atoms with E-state index in [0.29, 0.717) is 19.6 Å². The molecular formula is C24H24BrN5O. The van der Waals surface area contributed by atoms with Gasteiger partial charge in [-0.2, -0.15) is 0 Å². The van der Waals surface area contributed by atoms with Crippen LogP contribution in [0.5, 0.6) is 0 Å². The number of benzene rings is 2. The van der Waals surface area contributed by atoms with Crippen LogP contribution >= 0.6 is 15.9 Å². The number of urea groups is 1. The van der Waals surface area contributed by atoms with Crippen molar-refractivity contribution in [3.63, 3.8) is 0 Å². The maximum absolute atomic E-state index is 12.6. The number of nitrogens with one attached hydrogen (secondary N) is 1. The van der Waals surface area contributed by atoms with Crippen LogP contribution in [-0.4, -0.2) is 46.5 Å². The fourth-order valence-corrected chi connectivity index (χ4v) is 4.43. The fourth-order valence-electron chi connectivity index (χ4n) is 4.08. The summed E-state index contributed by atoms with van der Waals surface area (Å²) in [5.74, 6) is 0.968. The second kappa shape index (κ2) is 8.23. The minimum atomic E-state index is -0.0107. The number of aryl methyl sites for hydroxylation is 1. The number of hydrogen-bond acceptors (Lipinski definition) is 3. The maximum atomic E-state index is 12.6. The molecular weight excluding hydrogens is 454 g/mol. The van der Waals surface area contributed by atoms with Crippen LogP contribution < -0.4 is 10.2 Å². The molecule has 158 valence electrons. The van der Waals surface area contributed by atoms with E-state index >= 15 is 0 Å². The summed E-state index contributed by atoms with van der Waals surface area (Å²) >= 11 is 3.55. The molecule has 0 bridgehead atoms. The lowest BCUT2D eigenvalue weighted by atomic mass is 10.1. The first-order chi connectivity index (χ1) is 15.1. The maximum Gasteiger partial charge on any atom is 0.317 e. The smallest absolute Gasteiger partial charge is 0.317 e. The molecule has 5 rings (SSSR count). The molecule has 6 nitrogen and oxygen atoms in total. The Labute approximate surface area is 189 Å². The molecule has 7 heteroatoms. The highest BCUT2D eigenvalue weighted by atomic mass is 79.9. The lowest BCUT2D eigenvalue weighted by molar-refractivity contribution is 0.194. The minimum absolute atomic E-state index is 0.0107. The van der Waals surface area contributed by atoms with Gasteiger partial charge in [0.05, 0.1) is 16.6 Å². The number of carbonyl (C=O) groups is 1. The molecule has 0 aliphatic carbocycles. The highest BCUT2D eigenvalue weighted by molar-refractivity contribution is 9.10. The van der Waals surface area contributed by atoms with Crippen molar-refractivity contribution in [2.75, 3.05) is 31.1 Å². The number of nitrogens with zero attached hydrogens (tertiary/aromatic N) is 4. The summed E-state index contributed by atoms with van der Waals surface area (Å²) in [4.78, 5) is 21.8. The number of hydrogen-bond donors (Lipinski definition) is 1. The van der Waals surface area contributed by atoms with Gasteiger partial charge in [-0.25, -0.2) is 9.78 Å². The number of fused-ring (bicyclic) bond motifs is 3. The van der Waals surface area contributed by atoms with Crippen LogP contribution in [0.2, 0.25) is 0 Å². The number of carbonyl (C=O) groups excluding carboxylic acids is 1. The van der Waals surface area contributed by atoms with Crippen molar-refractivity contribution in [3.8, 4) is 0 Å². The summed E-state index contributed by atoms with van der Waals surface area (Å²) in [6, 6.07) is 18.6. The Hall–Kier alpha value is -3.06. The van der Waals surface area contributed by atoms with E-state index in [0.717, 1.165) is 45.5 Å². The van der Waals surface area contributed by atoms with Crippen LogP contribution in [0, 0.1) is 6.92 Å². The van der Waals surface area contributed by atoms with Crippen LogP contribution in [0.15, 0.2) is 65.3 Å². The Morgan fingerprint density at radius 1 is 1.03 bits per heavy atom. The van der Waals surface area contributed by atoms with Crippen molar-refractivity contribution in [1.82, 2.24) is 19.6 Å². The zero-order valence-corrected chi connectivity index (χ0v) is 19.0. The van der Waals surface area contributed by atoms with Crippen LogP contribution in [-0.2, 0) is 6.54 Å². The molecule has 4 aromatic rings. The van der Waals surface area contributed by atoms with Gasteiger partial charge in [-0.15, -0.1) is 0 Å². The molecule has 0 saturated carbocycles. The van der Waals surface area contributed by atoms with Gasteiger partial charge in [0.15, 0.2) is 5.82 Å². The number of aromatic nitrogens is 2. The van der Waals surface area contributed by atoms with Gasteiger partial charge in [-0.3, -0.25) is 0 Å². The Morgan fingerprint density at radius 3 is 2.58 bits per heavy atom. The van der Waals surface area contributed by atoms with Crippen molar-refractivity contribution < 1.29 is 4.79 Å². The predicted molar refractivity (Wildman–Crippen MR) is 128 cm³/mol. The minimum Gasteiger partial charge on any atom is -0.351 e. The monoisotopic (exact) mass is 477 g/mol. The Balaban J connectivity index is 1.28. The molecule has 1 fully saturated rings. The summed E-state index contributed by atoms with van der Waals surface area (Å²) in [5.41, 5.74) is 5.46. The first kappa shape index (κ1) is 19.9. The average Bonchev–Trinajstić information content (AvgIpc) is 3.28. The zero-order chi connectivity index (χ0) is 21.4. The second-order valence-corrected chi connectivity index (χ2v) is 8.87. The molecule has 31 heavy (non-hydrogen) atoms. The molecule has 0 atom stereocenters. The van der Waals surface area contributed by atoms with Crippen molar-refractivity contribution >= 4 is 44.3 Å². The third kappa shape index (κ3) is 3.97. The normalized spacial score (nSPS) is 14.4. The van der Waals surface area contributed by atoms with E-state index in [4.69, 9.17) is 4.98 Å². The fraction of sp³-hybridized carbons (Fsp3) is 0.250. The van der Waals surface area contributed by atoms with Crippen molar-refractivity contribution in [3.05, 3.63) is 76.4 Å². The molecule has 2 aromatic heterocycles. The highest BCUT2D eigenvalue weighted by Gasteiger charge is 2.23. The molecule has 2 aromatic carbocycles. The predicted octanol–water partition coefficient (Wildman–Crippen LogP) is 4.59. The van der Waals surface area contributed by atoms with Gasteiger partial charge in [0, 0.05) is 43.4 Å². The van der Waals surface area contributed by atoms with Gasteiger partial charge in [-0.05, 0) is 42.8 Å². The summed E-state index contributed by atoms with van der Waals surface area (Å²) in [6.45, 7) is 5.46. The van der Waals surface area contributed by atoms with E-state index in [2.05, 4.69) is 86.1 Å². The SMILES string of the molecule is Cc1ccc(CNC(=O)N2CCN(c3nc4cc(Br)ccc4n4cccc34)CC2)cc1. The van der Waals surface area contributed by atoms with Crippen molar-refractivity contribution in [2.24, 2.45) is 0 Å². The molecule has 0 spiro atoms. The van der Waals surface area contributed by atoms with Crippen LogP contribution in [0.3, 0.4) is 0 Å².